The maximum atomic E-state index is 4.77. The van der Waals surface area contributed by atoms with Gasteiger partial charge in [-0.2, -0.15) is 5.10 Å². The number of hydrogen-bond acceptors (Lipinski definition) is 3. The van der Waals surface area contributed by atoms with Crippen LogP contribution in [0, 0.1) is 5.92 Å². The molecule has 28 heavy (non-hydrogen) atoms. The number of rotatable bonds is 6. The van der Waals surface area contributed by atoms with Gasteiger partial charge in [0, 0.05) is 37.5 Å². The molecule has 1 atom stereocenters. The number of nitrogens with zero attached hydrogens (tertiary/aromatic N) is 3. The van der Waals surface area contributed by atoms with Gasteiger partial charge in [0.25, 0.3) is 0 Å². The van der Waals surface area contributed by atoms with Gasteiger partial charge < -0.3 is 10.2 Å². The molecule has 2 heterocycles. The molecule has 1 aliphatic carbocycles. The number of aromatic nitrogens is 2. The SMILES string of the molecule is CN1CCCC(CNCc2cn(C)nc2-c2ccc(C3CCCCC3)cc2)C1. The van der Waals surface area contributed by atoms with E-state index in [9.17, 15) is 0 Å². The first-order chi connectivity index (χ1) is 13.7. The molecular weight excluding hydrogens is 344 g/mol. The predicted molar refractivity (Wildman–Crippen MR) is 116 cm³/mol. The topological polar surface area (TPSA) is 33.1 Å². The highest BCUT2D eigenvalue weighted by atomic mass is 15.3. The average Bonchev–Trinajstić information content (AvgIpc) is 3.09. The van der Waals surface area contributed by atoms with E-state index in [1.165, 1.54) is 74.7 Å². The monoisotopic (exact) mass is 380 g/mol. The third-order valence-electron chi connectivity index (χ3n) is 6.64. The third kappa shape index (κ3) is 4.84. The molecule has 2 aliphatic rings. The Labute approximate surface area is 170 Å². The standard InChI is InChI=1S/C24H36N4/c1-27-14-6-7-19(17-27)15-25-16-23-18-28(2)26-24(23)22-12-10-21(11-13-22)20-8-4-3-5-9-20/h10-13,18-20,25H,3-9,14-17H2,1-2H3. The van der Waals surface area contributed by atoms with E-state index in [-0.39, 0.29) is 0 Å². The Bertz CT molecular complexity index is 742. The van der Waals surface area contributed by atoms with Crippen molar-refractivity contribution >= 4 is 0 Å². The minimum Gasteiger partial charge on any atom is -0.312 e. The molecule has 0 spiro atoms. The first-order valence-corrected chi connectivity index (χ1v) is 11.2. The van der Waals surface area contributed by atoms with E-state index in [1.807, 2.05) is 11.7 Å². The van der Waals surface area contributed by atoms with E-state index in [4.69, 9.17) is 5.10 Å². The van der Waals surface area contributed by atoms with Crippen LogP contribution in [-0.4, -0.2) is 41.4 Å². The summed E-state index contributed by atoms with van der Waals surface area (Å²) in [5.41, 5.74) is 5.19. The summed E-state index contributed by atoms with van der Waals surface area (Å²) in [5, 5.41) is 8.47. The number of aryl methyl sites for hydroxylation is 1. The van der Waals surface area contributed by atoms with Gasteiger partial charge in [0.1, 0.15) is 0 Å². The summed E-state index contributed by atoms with van der Waals surface area (Å²) in [6, 6.07) is 9.25. The lowest BCUT2D eigenvalue weighted by molar-refractivity contribution is 0.206. The summed E-state index contributed by atoms with van der Waals surface area (Å²) in [4.78, 5) is 2.46. The Kier molecular flexibility index (Phi) is 6.48. The molecule has 4 rings (SSSR count). The largest absolute Gasteiger partial charge is 0.312 e. The molecule has 2 aromatic rings. The van der Waals surface area contributed by atoms with E-state index < -0.39 is 0 Å². The Morgan fingerprint density at radius 3 is 2.54 bits per heavy atom. The van der Waals surface area contributed by atoms with Crippen molar-refractivity contribution in [3.63, 3.8) is 0 Å². The molecule has 1 saturated heterocycles. The van der Waals surface area contributed by atoms with Crippen LogP contribution in [0.4, 0.5) is 0 Å². The lowest BCUT2D eigenvalue weighted by Gasteiger charge is -2.29. The van der Waals surface area contributed by atoms with Crippen LogP contribution in [0.3, 0.4) is 0 Å². The van der Waals surface area contributed by atoms with Crippen molar-refractivity contribution in [3.05, 3.63) is 41.6 Å². The van der Waals surface area contributed by atoms with Gasteiger partial charge in [-0.15, -0.1) is 0 Å². The molecule has 1 aromatic carbocycles. The van der Waals surface area contributed by atoms with Gasteiger partial charge in [0.05, 0.1) is 5.69 Å². The van der Waals surface area contributed by atoms with Gasteiger partial charge in [-0.3, -0.25) is 4.68 Å². The molecule has 1 aliphatic heterocycles. The van der Waals surface area contributed by atoms with Crippen LogP contribution in [0.25, 0.3) is 11.3 Å². The lowest BCUT2D eigenvalue weighted by Crippen LogP contribution is -2.37. The fraction of sp³-hybridized carbons (Fsp3) is 0.625. The second-order valence-electron chi connectivity index (χ2n) is 9.03. The maximum Gasteiger partial charge on any atom is 0.0967 e. The van der Waals surface area contributed by atoms with Gasteiger partial charge in [0.2, 0.25) is 0 Å². The quantitative estimate of drug-likeness (QED) is 0.797. The molecule has 2 fully saturated rings. The van der Waals surface area contributed by atoms with E-state index in [2.05, 4.69) is 47.7 Å². The van der Waals surface area contributed by atoms with Crippen molar-refractivity contribution < 1.29 is 0 Å². The first kappa shape index (κ1) is 19.7. The number of hydrogen-bond donors (Lipinski definition) is 1. The van der Waals surface area contributed by atoms with Crippen molar-refractivity contribution in [1.29, 1.82) is 0 Å². The third-order valence-corrected chi connectivity index (χ3v) is 6.64. The second kappa shape index (κ2) is 9.23. The van der Waals surface area contributed by atoms with Crippen LogP contribution in [0.1, 0.15) is 62.0 Å². The van der Waals surface area contributed by atoms with Gasteiger partial charge >= 0.3 is 0 Å². The molecule has 0 bridgehead atoms. The molecule has 1 unspecified atom stereocenters. The van der Waals surface area contributed by atoms with Crippen molar-refractivity contribution in [2.75, 3.05) is 26.7 Å². The first-order valence-electron chi connectivity index (χ1n) is 11.2. The number of benzene rings is 1. The summed E-state index contributed by atoms with van der Waals surface area (Å²) >= 11 is 0. The van der Waals surface area contributed by atoms with Crippen LogP contribution >= 0.6 is 0 Å². The molecule has 152 valence electrons. The highest BCUT2D eigenvalue weighted by Crippen LogP contribution is 2.33. The number of piperidine rings is 1. The molecule has 4 nitrogen and oxygen atoms in total. The van der Waals surface area contributed by atoms with Crippen molar-refractivity contribution in [2.45, 2.75) is 57.4 Å². The van der Waals surface area contributed by atoms with Gasteiger partial charge in [-0.1, -0.05) is 43.5 Å². The highest BCUT2D eigenvalue weighted by molar-refractivity contribution is 5.63. The van der Waals surface area contributed by atoms with Crippen LogP contribution in [0.2, 0.25) is 0 Å². The fourth-order valence-corrected chi connectivity index (χ4v) is 5.11. The van der Waals surface area contributed by atoms with E-state index in [0.29, 0.717) is 0 Å². The van der Waals surface area contributed by atoms with E-state index >= 15 is 0 Å². The zero-order valence-electron chi connectivity index (χ0n) is 17.7. The Balaban J connectivity index is 1.39. The molecule has 4 heteroatoms. The average molecular weight is 381 g/mol. The van der Waals surface area contributed by atoms with Crippen LogP contribution < -0.4 is 5.32 Å². The smallest absolute Gasteiger partial charge is 0.0967 e. The number of likely N-dealkylation sites (tertiary alicyclic amines) is 1. The summed E-state index contributed by atoms with van der Waals surface area (Å²) in [7, 11) is 4.27. The fourth-order valence-electron chi connectivity index (χ4n) is 5.11. The van der Waals surface area contributed by atoms with Crippen molar-refractivity contribution in [2.24, 2.45) is 13.0 Å². The lowest BCUT2D eigenvalue weighted by atomic mass is 9.84. The number of nitrogens with one attached hydrogen (secondary N) is 1. The Morgan fingerprint density at radius 1 is 1.00 bits per heavy atom. The zero-order chi connectivity index (χ0) is 19.3. The minimum atomic E-state index is 0.765. The molecule has 1 N–H and O–H groups in total. The van der Waals surface area contributed by atoms with Crippen molar-refractivity contribution in [1.82, 2.24) is 20.0 Å². The van der Waals surface area contributed by atoms with Gasteiger partial charge in [-0.05, 0) is 63.2 Å². The van der Waals surface area contributed by atoms with E-state index in [1.54, 1.807) is 0 Å². The van der Waals surface area contributed by atoms with Crippen LogP contribution in [-0.2, 0) is 13.6 Å². The Morgan fingerprint density at radius 2 is 1.79 bits per heavy atom. The predicted octanol–water partition coefficient (Wildman–Crippen LogP) is 4.57. The minimum absolute atomic E-state index is 0.765. The molecule has 1 saturated carbocycles. The summed E-state index contributed by atoms with van der Waals surface area (Å²) in [6.45, 7) is 4.46. The molecule has 1 aromatic heterocycles. The summed E-state index contributed by atoms with van der Waals surface area (Å²) < 4.78 is 1.95. The molecule has 0 amide bonds. The second-order valence-corrected chi connectivity index (χ2v) is 9.03. The van der Waals surface area contributed by atoms with Crippen LogP contribution in [0.5, 0.6) is 0 Å². The Hall–Kier alpha value is -1.65. The van der Waals surface area contributed by atoms with Gasteiger partial charge in [-0.25, -0.2) is 0 Å². The highest BCUT2D eigenvalue weighted by Gasteiger charge is 2.18. The summed E-state index contributed by atoms with van der Waals surface area (Å²) in [5.74, 6) is 1.54. The van der Waals surface area contributed by atoms with Crippen LogP contribution in [0.15, 0.2) is 30.5 Å². The van der Waals surface area contributed by atoms with Crippen molar-refractivity contribution in [3.8, 4) is 11.3 Å². The van der Waals surface area contributed by atoms with Gasteiger partial charge in [0.15, 0.2) is 0 Å². The summed E-state index contributed by atoms with van der Waals surface area (Å²) in [6.07, 6.45) is 11.7. The van der Waals surface area contributed by atoms with E-state index in [0.717, 1.165) is 30.6 Å². The maximum absolute atomic E-state index is 4.77. The normalized spacial score (nSPS) is 21.9. The molecule has 0 radical (unpaired) electrons. The zero-order valence-corrected chi connectivity index (χ0v) is 17.7. The molecular formula is C24H36N4.